The highest BCUT2D eigenvalue weighted by molar-refractivity contribution is 5.97. The molecule has 2 heterocycles. The van der Waals surface area contributed by atoms with Crippen LogP contribution in [0.15, 0.2) is 18.3 Å². The van der Waals surface area contributed by atoms with Crippen molar-refractivity contribution in [3.8, 4) is 0 Å². The molecule has 1 saturated heterocycles. The summed E-state index contributed by atoms with van der Waals surface area (Å²) in [4.78, 5) is 17.9. The van der Waals surface area contributed by atoms with Crippen LogP contribution in [-0.4, -0.2) is 30.0 Å². The Balaban J connectivity index is 2.31. The SMILES string of the molecule is CC1CCC(CN)CN1c1ncccc1C(N)=O. The minimum Gasteiger partial charge on any atom is -0.365 e. The molecule has 1 aromatic rings. The van der Waals surface area contributed by atoms with E-state index in [1.165, 1.54) is 0 Å². The Morgan fingerprint density at radius 3 is 3.00 bits per heavy atom. The van der Waals surface area contributed by atoms with E-state index in [9.17, 15) is 4.79 Å². The second-order valence-electron chi connectivity index (χ2n) is 4.92. The number of aromatic nitrogens is 1. The van der Waals surface area contributed by atoms with Crippen molar-refractivity contribution >= 4 is 11.7 Å². The third-order valence-electron chi connectivity index (χ3n) is 3.64. The van der Waals surface area contributed by atoms with Gasteiger partial charge in [-0.2, -0.15) is 0 Å². The molecular formula is C13H20N4O. The predicted octanol–water partition coefficient (Wildman–Crippen LogP) is 0.744. The van der Waals surface area contributed by atoms with Gasteiger partial charge >= 0.3 is 0 Å². The van der Waals surface area contributed by atoms with Crippen molar-refractivity contribution < 1.29 is 4.79 Å². The van der Waals surface area contributed by atoms with Crippen molar-refractivity contribution in [2.75, 3.05) is 18.0 Å². The van der Waals surface area contributed by atoms with E-state index in [0.29, 0.717) is 29.9 Å². The lowest BCUT2D eigenvalue weighted by Gasteiger charge is -2.39. The van der Waals surface area contributed by atoms with Crippen LogP contribution in [0.2, 0.25) is 0 Å². The van der Waals surface area contributed by atoms with Crippen molar-refractivity contribution in [2.24, 2.45) is 17.4 Å². The Morgan fingerprint density at radius 2 is 2.33 bits per heavy atom. The minimum atomic E-state index is -0.430. The van der Waals surface area contributed by atoms with Crippen LogP contribution in [0.3, 0.4) is 0 Å². The first-order valence-electron chi connectivity index (χ1n) is 6.35. The fourth-order valence-electron chi connectivity index (χ4n) is 2.49. The molecule has 1 aliphatic heterocycles. The lowest BCUT2D eigenvalue weighted by Crippen LogP contribution is -2.45. The molecule has 0 aliphatic carbocycles. The normalized spacial score (nSPS) is 24.0. The van der Waals surface area contributed by atoms with Crippen molar-refractivity contribution in [1.82, 2.24) is 4.98 Å². The Morgan fingerprint density at radius 1 is 1.56 bits per heavy atom. The minimum absolute atomic E-state index is 0.362. The molecule has 98 valence electrons. The number of anilines is 1. The van der Waals surface area contributed by atoms with Crippen LogP contribution in [0.1, 0.15) is 30.1 Å². The van der Waals surface area contributed by atoms with Crippen molar-refractivity contribution in [3.63, 3.8) is 0 Å². The summed E-state index contributed by atoms with van der Waals surface area (Å²) in [6.07, 6.45) is 3.89. The number of piperidine rings is 1. The van der Waals surface area contributed by atoms with Crippen molar-refractivity contribution in [2.45, 2.75) is 25.8 Å². The van der Waals surface area contributed by atoms with Crippen molar-refractivity contribution in [1.29, 1.82) is 0 Å². The molecule has 2 rings (SSSR count). The van der Waals surface area contributed by atoms with Crippen LogP contribution in [0.25, 0.3) is 0 Å². The summed E-state index contributed by atoms with van der Waals surface area (Å²) >= 11 is 0. The molecule has 2 atom stereocenters. The van der Waals surface area contributed by atoms with Gasteiger partial charge in [-0.15, -0.1) is 0 Å². The molecule has 0 aromatic carbocycles. The summed E-state index contributed by atoms with van der Waals surface area (Å²) in [5, 5.41) is 0. The zero-order chi connectivity index (χ0) is 13.1. The van der Waals surface area contributed by atoms with E-state index in [1.54, 1.807) is 18.3 Å². The fraction of sp³-hybridized carbons (Fsp3) is 0.538. The molecule has 1 fully saturated rings. The second-order valence-corrected chi connectivity index (χ2v) is 4.92. The van der Waals surface area contributed by atoms with E-state index >= 15 is 0 Å². The second kappa shape index (κ2) is 5.35. The van der Waals surface area contributed by atoms with Crippen LogP contribution < -0.4 is 16.4 Å². The number of amides is 1. The summed E-state index contributed by atoms with van der Waals surface area (Å²) in [7, 11) is 0. The van der Waals surface area contributed by atoms with E-state index in [1.807, 2.05) is 0 Å². The smallest absolute Gasteiger partial charge is 0.252 e. The molecule has 0 radical (unpaired) electrons. The molecule has 1 amide bonds. The van der Waals surface area contributed by atoms with Gasteiger partial charge in [0.05, 0.1) is 5.56 Å². The number of primary amides is 1. The zero-order valence-corrected chi connectivity index (χ0v) is 10.7. The van der Waals surface area contributed by atoms with Gasteiger partial charge in [0.25, 0.3) is 5.91 Å². The number of nitrogens with zero attached hydrogens (tertiary/aromatic N) is 2. The lowest BCUT2D eigenvalue weighted by molar-refractivity contribution is 0.1000. The average molecular weight is 248 g/mol. The molecule has 2 unspecified atom stereocenters. The van der Waals surface area contributed by atoms with Gasteiger partial charge in [-0.25, -0.2) is 4.98 Å². The van der Waals surface area contributed by atoms with Crippen LogP contribution in [0, 0.1) is 5.92 Å². The summed E-state index contributed by atoms with van der Waals surface area (Å²) in [6.45, 7) is 3.66. The monoisotopic (exact) mass is 248 g/mol. The highest BCUT2D eigenvalue weighted by atomic mass is 16.1. The summed E-state index contributed by atoms with van der Waals surface area (Å²) in [6, 6.07) is 3.82. The van der Waals surface area contributed by atoms with E-state index in [-0.39, 0.29) is 0 Å². The van der Waals surface area contributed by atoms with E-state index < -0.39 is 5.91 Å². The maximum absolute atomic E-state index is 11.5. The largest absolute Gasteiger partial charge is 0.365 e. The van der Waals surface area contributed by atoms with E-state index in [4.69, 9.17) is 11.5 Å². The lowest BCUT2D eigenvalue weighted by atomic mass is 9.93. The first-order valence-corrected chi connectivity index (χ1v) is 6.35. The first kappa shape index (κ1) is 12.8. The average Bonchev–Trinajstić information content (AvgIpc) is 2.39. The maximum Gasteiger partial charge on any atom is 0.252 e. The van der Waals surface area contributed by atoms with Gasteiger partial charge in [-0.05, 0) is 44.4 Å². The number of hydrogen-bond donors (Lipinski definition) is 2. The fourth-order valence-corrected chi connectivity index (χ4v) is 2.49. The topological polar surface area (TPSA) is 85.2 Å². The van der Waals surface area contributed by atoms with Gasteiger partial charge in [0.1, 0.15) is 5.82 Å². The third-order valence-corrected chi connectivity index (χ3v) is 3.64. The molecule has 5 nitrogen and oxygen atoms in total. The highest BCUT2D eigenvalue weighted by Crippen LogP contribution is 2.27. The van der Waals surface area contributed by atoms with Crippen LogP contribution in [-0.2, 0) is 0 Å². The molecule has 18 heavy (non-hydrogen) atoms. The Bertz CT molecular complexity index is 435. The van der Waals surface area contributed by atoms with E-state index in [2.05, 4.69) is 16.8 Å². The molecule has 0 saturated carbocycles. The molecule has 1 aliphatic rings. The van der Waals surface area contributed by atoms with Gasteiger partial charge in [0.2, 0.25) is 0 Å². The summed E-state index contributed by atoms with van der Waals surface area (Å²) < 4.78 is 0. The van der Waals surface area contributed by atoms with Gasteiger partial charge in [-0.3, -0.25) is 4.79 Å². The van der Waals surface area contributed by atoms with Crippen LogP contribution >= 0.6 is 0 Å². The van der Waals surface area contributed by atoms with Gasteiger partial charge in [0, 0.05) is 18.8 Å². The van der Waals surface area contributed by atoms with E-state index in [0.717, 1.165) is 19.4 Å². The molecule has 5 heteroatoms. The first-order chi connectivity index (χ1) is 8.63. The van der Waals surface area contributed by atoms with Gasteiger partial charge < -0.3 is 16.4 Å². The number of carbonyl (C=O) groups is 1. The van der Waals surface area contributed by atoms with Crippen LogP contribution in [0.5, 0.6) is 0 Å². The maximum atomic E-state index is 11.5. The predicted molar refractivity (Wildman–Crippen MR) is 71.3 cm³/mol. The quantitative estimate of drug-likeness (QED) is 0.826. The molecular weight excluding hydrogens is 228 g/mol. The Kier molecular flexibility index (Phi) is 3.81. The highest BCUT2D eigenvalue weighted by Gasteiger charge is 2.27. The molecule has 0 bridgehead atoms. The van der Waals surface area contributed by atoms with Gasteiger partial charge in [0.15, 0.2) is 0 Å². The Hall–Kier alpha value is -1.62. The standard InChI is InChI=1S/C13H20N4O/c1-9-4-5-10(7-14)8-17(9)13-11(12(15)18)3-2-6-16-13/h2-3,6,9-10H,4-5,7-8,14H2,1H3,(H2,15,18). The molecule has 4 N–H and O–H groups in total. The summed E-state index contributed by atoms with van der Waals surface area (Å²) in [5.74, 6) is 0.722. The zero-order valence-electron chi connectivity index (χ0n) is 10.7. The molecule has 1 aromatic heterocycles. The summed E-state index contributed by atoms with van der Waals surface area (Å²) in [5.41, 5.74) is 11.6. The number of hydrogen-bond acceptors (Lipinski definition) is 4. The number of nitrogens with two attached hydrogens (primary N) is 2. The third kappa shape index (κ3) is 2.46. The van der Waals surface area contributed by atoms with Crippen LogP contribution in [0.4, 0.5) is 5.82 Å². The Labute approximate surface area is 107 Å². The van der Waals surface area contributed by atoms with Gasteiger partial charge in [-0.1, -0.05) is 0 Å². The number of pyridine rings is 1. The number of rotatable bonds is 3. The number of carbonyl (C=O) groups excluding carboxylic acids is 1. The van der Waals surface area contributed by atoms with Crippen molar-refractivity contribution in [3.05, 3.63) is 23.9 Å². The molecule has 0 spiro atoms.